The van der Waals surface area contributed by atoms with Crippen LogP contribution in [0.25, 0.3) is 0 Å². The van der Waals surface area contributed by atoms with Gasteiger partial charge in [0.05, 0.1) is 5.69 Å². The van der Waals surface area contributed by atoms with Crippen molar-refractivity contribution in [2.75, 3.05) is 0 Å². The monoisotopic (exact) mass is 329 g/mol. The number of H-pyrrole nitrogens is 1. The molecule has 0 unspecified atom stereocenters. The molecule has 1 aromatic carbocycles. The second-order valence-corrected chi connectivity index (χ2v) is 5.89. The molecule has 126 valence electrons. The summed E-state index contributed by atoms with van der Waals surface area (Å²) in [6.07, 6.45) is 0.426. The summed E-state index contributed by atoms with van der Waals surface area (Å²) in [6.45, 7) is 6.73. The third-order valence-corrected chi connectivity index (χ3v) is 4.43. The van der Waals surface area contributed by atoms with Crippen LogP contribution in [0.1, 0.15) is 28.3 Å². The normalized spacial score (nSPS) is 11.2. The largest absolute Gasteiger partial charge is 0.343 e. The van der Waals surface area contributed by atoms with Crippen molar-refractivity contribution in [2.45, 2.75) is 40.3 Å². The van der Waals surface area contributed by atoms with E-state index in [4.69, 9.17) is 0 Å². The van der Waals surface area contributed by atoms with Crippen molar-refractivity contribution in [3.63, 3.8) is 0 Å². The quantitative estimate of drug-likeness (QED) is 0.779. The predicted octanol–water partition coefficient (Wildman–Crippen LogP) is 2.12. The maximum absolute atomic E-state index is 13.7. The highest BCUT2D eigenvalue weighted by atomic mass is 19.1. The zero-order chi connectivity index (χ0) is 17.3. The van der Waals surface area contributed by atoms with Crippen molar-refractivity contribution < 1.29 is 4.39 Å². The minimum atomic E-state index is -0.292. The van der Waals surface area contributed by atoms with E-state index >= 15 is 0 Å². The number of aromatic amines is 1. The van der Waals surface area contributed by atoms with Crippen LogP contribution in [0.2, 0.25) is 0 Å². The zero-order valence-electron chi connectivity index (χ0n) is 14.0. The molecule has 0 amide bonds. The SMILES string of the molecule is Cc1nn(Cc2n[nH]c(=O)n2CCc2ccccc2F)c(C)c1C. The van der Waals surface area contributed by atoms with Gasteiger partial charge in [-0.25, -0.2) is 14.3 Å². The van der Waals surface area contributed by atoms with Crippen molar-refractivity contribution in [1.29, 1.82) is 0 Å². The molecule has 6 nitrogen and oxygen atoms in total. The number of nitrogens with one attached hydrogen (secondary N) is 1. The van der Waals surface area contributed by atoms with Gasteiger partial charge in [0.2, 0.25) is 0 Å². The molecule has 0 aliphatic rings. The number of benzene rings is 1. The number of hydrogen-bond donors (Lipinski definition) is 1. The van der Waals surface area contributed by atoms with Crippen LogP contribution < -0.4 is 5.69 Å². The average molecular weight is 329 g/mol. The van der Waals surface area contributed by atoms with E-state index in [1.165, 1.54) is 10.6 Å². The molecule has 0 atom stereocenters. The van der Waals surface area contributed by atoms with Crippen LogP contribution in [0, 0.1) is 26.6 Å². The van der Waals surface area contributed by atoms with Crippen LogP contribution in [0.5, 0.6) is 0 Å². The summed E-state index contributed by atoms with van der Waals surface area (Å²) in [7, 11) is 0. The molecule has 0 radical (unpaired) electrons. The average Bonchev–Trinajstić information content (AvgIpc) is 3.02. The number of aromatic nitrogens is 5. The molecule has 0 aliphatic heterocycles. The van der Waals surface area contributed by atoms with E-state index in [-0.39, 0.29) is 11.5 Å². The highest BCUT2D eigenvalue weighted by Crippen LogP contribution is 2.13. The van der Waals surface area contributed by atoms with Crippen LogP contribution in [0.4, 0.5) is 4.39 Å². The summed E-state index contributed by atoms with van der Waals surface area (Å²) in [5.74, 6) is 0.326. The lowest BCUT2D eigenvalue weighted by Gasteiger charge is -2.08. The number of halogens is 1. The molecule has 1 N–H and O–H groups in total. The van der Waals surface area contributed by atoms with Crippen molar-refractivity contribution in [2.24, 2.45) is 0 Å². The molecule has 2 aromatic heterocycles. The minimum Gasteiger partial charge on any atom is -0.277 e. The molecule has 7 heteroatoms. The molecule has 3 rings (SSSR count). The predicted molar refractivity (Wildman–Crippen MR) is 88.5 cm³/mol. The van der Waals surface area contributed by atoms with Gasteiger partial charge in [0.1, 0.15) is 12.4 Å². The van der Waals surface area contributed by atoms with Crippen molar-refractivity contribution >= 4 is 0 Å². The molecule has 0 aliphatic carbocycles. The fourth-order valence-corrected chi connectivity index (χ4v) is 2.71. The molecule has 0 fully saturated rings. The van der Waals surface area contributed by atoms with E-state index in [1.54, 1.807) is 18.2 Å². The first-order valence-corrected chi connectivity index (χ1v) is 7.85. The Bertz CT molecular complexity index is 921. The molecular formula is C17H20FN5O. The summed E-state index contributed by atoms with van der Waals surface area (Å²) in [6, 6.07) is 6.59. The second-order valence-electron chi connectivity index (χ2n) is 5.89. The Hall–Kier alpha value is -2.70. The molecular weight excluding hydrogens is 309 g/mol. The first kappa shape index (κ1) is 16.2. The van der Waals surface area contributed by atoms with Gasteiger partial charge in [-0.05, 0) is 44.4 Å². The van der Waals surface area contributed by atoms with E-state index in [0.717, 1.165) is 17.0 Å². The van der Waals surface area contributed by atoms with E-state index < -0.39 is 0 Å². The number of aryl methyl sites for hydroxylation is 2. The van der Waals surface area contributed by atoms with Crippen molar-refractivity contribution in [3.05, 3.63) is 68.9 Å². The van der Waals surface area contributed by atoms with E-state index in [1.807, 2.05) is 25.5 Å². The summed E-state index contributed by atoms with van der Waals surface area (Å²) in [5.41, 5.74) is 3.43. The Labute approximate surface area is 138 Å². The number of rotatable bonds is 5. The van der Waals surface area contributed by atoms with Crippen LogP contribution in [0.3, 0.4) is 0 Å². The van der Waals surface area contributed by atoms with Gasteiger partial charge in [0.25, 0.3) is 0 Å². The van der Waals surface area contributed by atoms with Crippen LogP contribution >= 0.6 is 0 Å². The maximum Gasteiger partial charge on any atom is 0.343 e. The Morgan fingerprint density at radius 1 is 1.21 bits per heavy atom. The summed E-state index contributed by atoms with van der Waals surface area (Å²) in [4.78, 5) is 12.0. The van der Waals surface area contributed by atoms with Gasteiger partial charge in [0, 0.05) is 12.2 Å². The fourth-order valence-electron chi connectivity index (χ4n) is 2.71. The van der Waals surface area contributed by atoms with Crippen LogP contribution in [0.15, 0.2) is 29.1 Å². The number of hydrogen-bond acceptors (Lipinski definition) is 3. The van der Waals surface area contributed by atoms with Crippen LogP contribution in [-0.4, -0.2) is 24.5 Å². The lowest BCUT2D eigenvalue weighted by atomic mass is 10.1. The minimum absolute atomic E-state index is 0.259. The zero-order valence-corrected chi connectivity index (χ0v) is 14.0. The second kappa shape index (κ2) is 6.43. The molecule has 24 heavy (non-hydrogen) atoms. The molecule has 0 saturated heterocycles. The van der Waals surface area contributed by atoms with Crippen LogP contribution in [-0.2, 0) is 19.5 Å². The van der Waals surface area contributed by atoms with E-state index in [2.05, 4.69) is 15.3 Å². The van der Waals surface area contributed by atoms with Gasteiger partial charge in [-0.15, -0.1) is 0 Å². The highest BCUT2D eigenvalue weighted by molar-refractivity contribution is 5.22. The van der Waals surface area contributed by atoms with Gasteiger partial charge in [-0.1, -0.05) is 18.2 Å². The Kier molecular flexibility index (Phi) is 4.33. The first-order chi connectivity index (χ1) is 11.5. The highest BCUT2D eigenvalue weighted by Gasteiger charge is 2.13. The van der Waals surface area contributed by atoms with Gasteiger partial charge in [0.15, 0.2) is 5.82 Å². The van der Waals surface area contributed by atoms with Gasteiger partial charge in [-0.2, -0.15) is 10.2 Å². The summed E-state index contributed by atoms with van der Waals surface area (Å²) < 4.78 is 17.1. The fraction of sp³-hybridized carbons (Fsp3) is 0.353. The Morgan fingerprint density at radius 2 is 1.96 bits per heavy atom. The molecule has 0 bridgehead atoms. The van der Waals surface area contributed by atoms with E-state index in [9.17, 15) is 9.18 Å². The topological polar surface area (TPSA) is 68.5 Å². The molecule has 2 heterocycles. The Morgan fingerprint density at radius 3 is 2.62 bits per heavy atom. The van der Waals surface area contributed by atoms with Crippen molar-refractivity contribution in [3.8, 4) is 0 Å². The van der Waals surface area contributed by atoms with E-state index in [0.29, 0.717) is 30.9 Å². The third kappa shape index (κ3) is 3.02. The standard InChI is InChI=1S/C17H20FN5O/c1-11-12(2)21-23(13(11)3)10-16-19-20-17(24)22(16)9-8-14-6-4-5-7-15(14)18/h4-7H,8-10H2,1-3H3,(H,20,24). The Balaban J connectivity index is 1.82. The summed E-state index contributed by atoms with van der Waals surface area (Å²) in [5, 5.41) is 11.0. The number of nitrogens with zero attached hydrogens (tertiary/aromatic N) is 4. The molecule has 3 aromatic rings. The molecule has 0 saturated carbocycles. The third-order valence-electron chi connectivity index (χ3n) is 4.43. The summed E-state index contributed by atoms with van der Waals surface area (Å²) >= 11 is 0. The lowest BCUT2D eigenvalue weighted by Crippen LogP contribution is -2.22. The van der Waals surface area contributed by atoms with Gasteiger partial charge < -0.3 is 0 Å². The van der Waals surface area contributed by atoms with Gasteiger partial charge in [-0.3, -0.25) is 9.25 Å². The van der Waals surface area contributed by atoms with Crippen molar-refractivity contribution in [1.82, 2.24) is 24.5 Å². The van der Waals surface area contributed by atoms with Gasteiger partial charge >= 0.3 is 5.69 Å². The maximum atomic E-state index is 13.7. The smallest absolute Gasteiger partial charge is 0.277 e. The molecule has 0 spiro atoms. The lowest BCUT2D eigenvalue weighted by molar-refractivity contribution is 0.556. The first-order valence-electron chi connectivity index (χ1n) is 7.85.